The Balaban J connectivity index is 1.88. The van der Waals surface area contributed by atoms with Crippen LogP contribution in [0, 0.1) is 0 Å². The van der Waals surface area contributed by atoms with E-state index < -0.39 is 0 Å². The van der Waals surface area contributed by atoms with Crippen LogP contribution in [0.1, 0.15) is 70.8 Å². The molecule has 8 heteroatoms. The molecule has 0 radical (unpaired) electrons. The lowest BCUT2D eigenvalue weighted by atomic mass is 9.94. The Morgan fingerprint density at radius 2 is 2.00 bits per heavy atom. The molecule has 2 N–H and O–H groups in total. The molecule has 0 fully saturated rings. The average Bonchev–Trinajstić information content (AvgIpc) is 3.21. The number of aromatic nitrogens is 3. The summed E-state index contributed by atoms with van der Waals surface area (Å²) in [6.45, 7) is 14.2. The SMILES string of the molecule is CCNC(=NCc1ncc(C(C)(C)C)o1)NCCc1nc(C(C)C)no1. The largest absolute Gasteiger partial charge is 0.443 e. The van der Waals surface area contributed by atoms with Crippen LogP contribution < -0.4 is 10.6 Å². The van der Waals surface area contributed by atoms with E-state index >= 15 is 0 Å². The number of nitrogens with one attached hydrogen (secondary N) is 2. The number of nitrogens with zero attached hydrogens (tertiary/aromatic N) is 4. The van der Waals surface area contributed by atoms with Gasteiger partial charge in [0.15, 0.2) is 11.8 Å². The Bertz CT molecular complexity index is 711. The fourth-order valence-electron chi connectivity index (χ4n) is 2.11. The second-order valence-corrected chi connectivity index (χ2v) is 7.44. The van der Waals surface area contributed by atoms with Crippen LogP contribution in [0.25, 0.3) is 0 Å². The first-order valence-electron chi connectivity index (χ1n) is 9.09. The lowest BCUT2D eigenvalue weighted by Gasteiger charge is -2.13. The van der Waals surface area contributed by atoms with Crippen molar-refractivity contribution in [3.63, 3.8) is 0 Å². The minimum atomic E-state index is -0.0589. The smallest absolute Gasteiger partial charge is 0.228 e. The number of rotatable bonds is 7. The van der Waals surface area contributed by atoms with Gasteiger partial charge >= 0.3 is 0 Å². The van der Waals surface area contributed by atoms with Crippen molar-refractivity contribution in [1.29, 1.82) is 0 Å². The summed E-state index contributed by atoms with van der Waals surface area (Å²) < 4.78 is 11.0. The fraction of sp³-hybridized carbons (Fsp3) is 0.667. The van der Waals surface area contributed by atoms with Crippen LogP contribution in [0.3, 0.4) is 0 Å². The van der Waals surface area contributed by atoms with Crippen LogP contribution in [0.4, 0.5) is 0 Å². The van der Waals surface area contributed by atoms with Crippen molar-refractivity contribution in [1.82, 2.24) is 25.8 Å². The molecule has 2 heterocycles. The zero-order chi connectivity index (χ0) is 19.2. The number of aliphatic imine (C=N–C) groups is 1. The Labute approximate surface area is 154 Å². The molecule has 0 spiro atoms. The Morgan fingerprint density at radius 3 is 2.58 bits per heavy atom. The standard InChI is InChI=1S/C18H30N6O2/c1-7-19-17(20-9-8-14-23-16(12(2)3)24-26-14)22-11-15-21-10-13(25-15)18(4,5)6/h10,12H,7-9,11H2,1-6H3,(H2,19,20,22). The summed E-state index contributed by atoms with van der Waals surface area (Å²) in [5.74, 6) is 3.78. The molecule has 0 aliphatic rings. The number of hydrogen-bond acceptors (Lipinski definition) is 6. The lowest BCUT2D eigenvalue weighted by Crippen LogP contribution is -2.38. The van der Waals surface area contributed by atoms with Crippen molar-refractivity contribution in [2.75, 3.05) is 13.1 Å². The van der Waals surface area contributed by atoms with Crippen molar-refractivity contribution in [2.45, 2.75) is 65.8 Å². The molecule has 2 aromatic heterocycles. The molecular formula is C18H30N6O2. The molecule has 0 atom stereocenters. The number of hydrogen-bond donors (Lipinski definition) is 2. The van der Waals surface area contributed by atoms with Crippen molar-refractivity contribution < 1.29 is 8.94 Å². The third-order valence-electron chi connectivity index (χ3n) is 3.64. The Hall–Kier alpha value is -2.38. The van der Waals surface area contributed by atoms with E-state index in [0.717, 1.165) is 18.1 Å². The molecule has 0 aromatic carbocycles. The third kappa shape index (κ3) is 5.86. The molecule has 2 aromatic rings. The molecule has 0 aliphatic carbocycles. The van der Waals surface area contributed by atoms with Gasteiger partial charge in [0.1, 0.15) is 12.3 Å². The second-order valence-electron chi connectivity index (χ2n) is 7.44. The van der Waals surface area contributed by atoms with Crippen molar-refractivity contribution in [3.05, 3.63) is 29.6 Å². The van der Waals surface area contributed by atoms with Gasteiger partial charge in [-0.05, 0) is 6.92 Å². The maximum atomic E-state index is 5.77. The summed E-state index contributed by atoms with van der Waals surface area (Å²) in [4.78, 5) is 13.2. The van der Waals surface area contributed by atoms with Crippen LogP contribution in [0.15, 0.2) is 20.1 Å². The summed E-state index contributed by atoms with van der Waals surface area (Å²) in [6, 6.07) is 0. The van der Waals surface area contributed by atoms with Crippen LogP contribution in [0.5, 0.6) is 0 Å². The maximum absolute atomic E-state index is 5.77. The highest BCUT2D eigenvalue weighted by molar-refractivity contribution is 5.79. The van der Waals surface area contributed by atoms with E-state index in [1.54, 1.807) is 6.20 Å². The van der Waals surface area contributed by atoms with E-state index in [1.807, 2.05) is 20.8 Å². The molecular weight excluding hydrogens is 332 g/mol. The quantitative estimate of drug-likeness (QED) is 0.577. The minimum absolute atomic E-state index is 0.0589. The van der Waals surface area contributed by atoms with Gasteiger partial charge in [0.05, 0.1) is 6.20 Å². The fourth-order valence-corrected chi connectivity index (χ4v) is 2.11. The van der Waals surface area contributed by atoms with Crippen LogP contribution in [-0.2, 0) is 18.4 Å². The lowest BCUT2D eigenvalue weighted by molar-refractivity contribution is 0.371. The first kappa shape index (κ1) is 19.9. The average molecular weight is 362 g/mol. The van der Waals surface area contributed by atoms with E-state index in [9.17, 15) is 0 Å². The monoisotopic (exact) mass is 362 g/mol. The van der Waals surface area contributed by atoms with E-state index in [1.165, 1.54) is 0 Å². The molecule has 0 amide bonds. The Kier molecular flexibility index (Phi) is 6.76. The minimum Gasteiger partial charge on any atom is -0.443 e. The molecule has 0 aliphatic heterocycles. The first-order chi connectivity index (χ1) is 12.3. The van der Waals surface area contributed by atoms with Gasteiger partial charge in [0.25, 0.3) is 0 Å². The zero-order valence-corrected chi connectivity index (χ0v) is 16.6. The van der Waals surface area contributed by atoms with Crippen LogP contribution in [-0.4, -0.2) is 34.2 Å². The molecule has 0 saturated carbocycles. The molecule has 144 valence electrons. The van der Waals surface area contributed by atoms with E-state index in [0.29, 0.717) is 37.3 Å². The van der Waals surface area contributed by atoms with Gasteiger partial charge in [-0.1, -0.05) is 39.8 Å². The summed E-state index contributed by atoms with van der Waals surface area (Å²) in [5, 5.41) is 10.4. The van der Waals surface area contributed by atoms with E-state index in [4.69, 9.17) is 8.94 Å². The summed E-state index contributed by atoms with van der Waals surface area (Å²) in [5.41, 5.74) is -0.0589. The summed E-state index contributed by atoms with van der Waals surface area (Å²) in [6.07, 6.45) is 2.41. The van der Waals surface area contributed by atoms with Crippen molar-refractivity contribution >= 4 is 5.96 Å². The third-order valence-corrected chi connectivity index (χ3v) is 3.64. The molecule has 0 saturated heterocycles. The summed E-state index contributed by atoms with van der Waals surface area (Å²) in [7, 11) is 0. The second kappa shape index (κ2) is 8.82. The molecule has 26 heavy (non-hydrogen) atoms. The van der Waals surface area contributed by atoms with Gasteiger partial charge in [-0.15, -0.1) is 0 Å². The van der Waals surface area contributed by atoms with Gasteiger partial charge in [-0.3, -0.25) is 0 Å². The predicted molar refractivity (Wildman–Crippen MR) is 100 cm³/mol. The van der Waals surface area contributed by atoms with Crippen LogP contribution in [0.2, 0.25) is 0 Å². The number of guanidine groups is 1. The van der Waals surface area contributed by atoms with Gasteiger partial charge in [-0.2, -0.15) is 4.98 Å². The Morgan fingerprint density at radius 1 is 1.23 bits per heavy atom. The highest BCUT2D eigenvalue weighted by Gasteiger charge is 2.19. The zero-order valence-electron chi connectivity index (χ0n) is 16.6. The highest BCUT2D eigenvalue weighted by Crippen LogP contribution is 2.22. The van der Waals surface area contributed by atoms with Gasteiger partial charge in [-0.25, -0.2) is 9.98 Å². The van der Waals surface area contributed by atoms with Crippen LogP contribution >= 0.6 is 0 Å². The molecule has 2 rings (SSSR count). The molecule has 0 unspecified atom stereocenters. The predicted octanol–water partition coefficient (Wildman–Crippen LogP) is 2.78. The number of oxazole rings is 1. The highest BCUT2D eigenvalue weighted by atomic mass is 16.5. The maximum Gasteiger partial charge on any atom is 0.228 e. The van der Waals surface area contributed by atoms with Gasteiger partial charge in [0.2, 0.25) is 11.8 Å². The topological polar surface area (TPSA) is 101 Å². The molecule has 8 nitrogen and oxygen atoms in total. The first-order valence-corrected chi connectivity index (χ1v) is 9.09. The van der Waals surface area contributed by atoms with Crippen molar-refractivity contribution in [2.24, 2.45) is 4.99 Å². The normalized spacial score (nSPS) is 12.7. The molecule has 0 bridgehead atoms. The van der Waals surface area contributed by atoms with Gasteiger partial charge < -0.3 is 19.6 Å². The van der Waals surface area contributed by atoms with Gasteiger partial charge in [0, 0.05) is 30.8 Å². The van der Waals surface area contributed by atoms with E-state index in [-0.39, 0.29) is 11.3 Å². The van der Waals surface area contributed by atoms with E-state index in [2.05, 4.69) is 51.5 Å². The van der Waals surface area contributed by atoms with Crippen molar-refractivity contribution in [3.8, 4) is 0 Å². The summed E-state index contributed by atoms with van der Waals surface area (Å²) >= 11 is 0.